The summed E-state index contributed by atoms with van der Waals surface area (Å²) in [7, 11) is 0. The lowest BCUT2D eigenvalue weighted by atomic mass is 9.91. The van der Waals surface area contributed by atoms with Crippen LogP contribution in [0.1, 0.15) is 30.6 Å². The largest absolute Gasteiger partial charge is 0.481 e. The number of pyridine rings is 1. The second-order valence-corrected chi connectivity index (χ2v) is 5.70. The number of piperidine rings is 1. The summed E-state index contributed by atoms with van der Waals surface area (Å²) < 4.78 is 0. The van der Waals surface area contributed by atoms with Gasteiger partial charge in [0, 0.05) is 24.8 Å². The molecule has 0 saturated carbocycles. The van der Waals surface area contributed by atoms with Crippen LogP contribution in [0.2, 0.25) is 0 Å². The summed E-state index contributed by atoms with van der Waals surface area (Å²) in [6, 6.07) is 2.77. The van der Waals surface area contributed by atoms with Gasteiger partial charge in [-0.1, -0.05) is 6.92 Å². The molecule has 2 heterocycles. The molecule has 1 aliphatic rings. The number of carboxylic acids is 1. The number of urea groups is 1. The Morgan fingerprint density at radius 2 is 2.05 bits per heavy atom. The fraction of sp³-hybridized carbons (Fsp3) is 0.467. The van der Waals surface area contributed by atoms with Crippen LogP contribution in [-0.4, -0.2) is 45.9 Å². The summed E-state index contributed by atoms with van der Waals surface area (Å²) in [6.07, 6.45) is 1.97. The second kappa shape index (κ2) is 6.55. The molecule has 2 unspecified atom stereocenters. The van der Waals surface area contributed by atoms with E-state index in [9.17, 15) is 14.4 Å². The Kier molecular flexibility index (Phi) is 4.75. The van der Waals surface area contributed by atoms with Crippen molar-refractivity contribution in [2.45, 2.75) is 20.3 Å². The van der Waals surface area contributed by atoms with Crippen LogP contribution < -0.4 is 5.32 Å². The average molecular weight is 305 g/mol. The van der Waals surface area contributed by atoms with E-state index in [2.05, 4.69) is 10.3 Å². The monoisotopic (exact) mass is 305 g/mol. The number of likely N-dealkylation sites (tertiary alicyclic amines) is 1. The molecule has 2 rings (SSSR count). The molecule has 7 heteroatoms. The summed E-state index contributed by atoms with van der Waals surface area (Å²) in [5.41, 5.74) is 0.468. The van der Waals surface area contributed by atoms with Crippen LogP contribution >= 0.6 is 0 Å². The molecule has 0 aliphatic carbocycles. The van der Waals surface area contributed by atoms with E-state index in [4.69, 9.17) is 5.11 Å². The van der Waals surface area contributed by atoms with Crippen molar-refractivity contribution in [3.8, 4) is 0 Å². The smallest absolute Gasteiger partial charge is 0.323 e. The van der Waals surface area contributed by atoms with Gasteiger partial charge in [-0.25, -0.2) is 9.78 Å². The van der Waals surface area contributed by atoms with Gasteiger partial charge in [-0.3, -0.25) is 14.9 Å². The number of nitrogens with one attached hydrogen (secondary N) is 1. The molecule has 0 radical (unpaired) electrons. The molecule has 1 aliphatic heterocycles. The topological polar surface area (TPSA) is 99.6 Å². The standard InChI is InChI=1S/C15H19N3O4/c1-9-5-12(14(20)21)8-18(7-9)15(22)17-13-4-3-11(6-16-13)10(2)19/h3-4,6,9,12H,5,7-8H2,1-2H3,(H,20,21)(H,16,17,22). The van der Waals surface area contributed by atoms with Gasteiger partial charge in [-0.2, -0.15) is 0 Å². The van der Waals surface area contributed by atoms with Crippen LogP contribution in [-0.2, 0) is 4.79 Å². The number of Topliss-reactive ketones (excluding diaryl/α,β-unsaturated/α-hetero) is 1. The number of nitrogens with zero attached hydrogens (tertiary/aromatic N) is 2. The van der Waals surface area contributed by atoms with Crippen LogP contribution in [0.15, 0.2) is 18.3 Å². The molecule has 0 bridgehead atoms. The number of rotatable bonds is 3. The van der Waals surface area contributed by atoms with Crippen LogP contribution in [0.5, 0.6) is 0 Å². The van der Waals surface area contributed by atoms with Crippen molar-refractivity contribution in [1.82, 2.24) is 9.88 Å². The number of hydrogen-bond donors (Lipinski definition) is 2. The van der Waals surface area contributed by atoms with E-state index in [-0.39, 0.29) is 24.3 Å². The minimum Gasteiger partial charge on any atom is -0.481 e. The van der Waals surface area contributed by atoms with E-state index in [0.29, 0.717) is 24.3 Å². The highest BCUT2D eigenvalue weighted by atomic mass is 16.4. The highest BCUT2D eigenvalue weighted by Gasteiger charge is 2.31. The number of carboxylic acid groups (broad SMARTS) is 1. The van der Waals surface area contributed by atoms with Crippen LogP contribution in [0.3, 0.4) is 0 Å². The Labute approximate surface area is 128 Å². The average Bonchev–Trinajstić information content (AvgIpc) is 2.47. The highest BCUT2D eigenvalue weighted by Crippen LogP contribution is 2.22. The van der Waals surface area contributed by atoms with E-state index in [1.807, 2.05) is 6.92 Å². The number of hydrogen-bond acceptors (Lipinski definition) is 4. The molecule has 2 N–H and O–H groups in total. The van der Waals surface area contributed by atoms with Crippen molar-refractivity contribution < 1.29 is 19.5 Å². The Bertz CT molecular complexity index is 585. The number of ketones is 1. The third-order valence-electron chi connectivity index (χ3n) is 3.70. The van der Waals surface area contributed by atoms with E-state index in [1.54, 1.807) is 12.1 Å². The number of carbonyl (C=O) groups excluding carboxylic acids is 2. The maximum Gasteiger partial charge on any atom is 0.323 e. The maximum absolute atomic E-state index is 12.2. The van der Waals surface area contributed by atoms with Gasteiger partial charge in [0.2, 0.25) is 0 Å². The number of aliphatic carboxylic acids is 1. The Balaban J connectivity index is 2.01. The molecule has 1 fully saturated rings. The zero-order chi connectivity index (χ0) is 16.3. The first-order valence-electron chi connectivity index (χ1n) is 7.12. The Morgan fingerprint density at radius 1 is 1.32 bits per heavy atom. The van der Waals surface area contributed by atoms with E-state index >= 15 is 0 Å². The summed E-state index contributed by atoms with van der Waals surface area (Å²) in [5, 5.41) is 11.8. The van der Waals surface area contributed by atoms with E-state index < -0.39 is 11.9 Å². The van der Waals surface area contributed by atoms with Gasteiger partial charge in [-0.15, -0.1) is 0 Å². The first-order valence-corrected chi connectivity index (χ1v) is 7.12. The summed E-state index contributed by atoms with van der Waals surface area (Å²) >= 11 is 0. The highest BCUT2D eigenvalue weighted by molar-refractivity contribution is 5.94. The van der Waals surface area contributed by atoms with Gasteiger partial charge in [0.1, 0.15) is 5.82 Å². The molecule has 2 amide bonds. The third kappa shape index (κ3) is 3.81. The van der Waals surface area contributed by atoms with Crippen molar-refractivity contribution in [3.05, 3.63) is 23.9 Å². The van der Waals surface area contributed by atoms with Gasteiger partial charge in [0.15, 0.2) is 5.78 Å². The molecule has 0 spiro atoms. The molecular weight excluding hydrogens is 286 g/mol. The van der Waals surface area contributed by atoms with Crippen molar-refractivity contribution >= 4 is 23.6 Å². The molecule has 2 atom stereocenters. The Morgan fingerprint density at radius 3 is 2.59 bits per heavy atom. The lowest BCUT2D eigenvalue weighted by molar-refractivity contribution is -0.143. The fourth-order valence-corrected chi connectivity index (χ4v) is 2.56. The summed E-state index contributed by atoms with van der Waals surface area (Å²) in [5.74, 6) is -1.05. The zero-order valence-electron chi connectivity index (χ0n) is 12.6. The van der Waals surface area contributed by atoms with Crippen molar-refractivity contribution in [3.63, 3.8) is 0 Å². The summed E-state index contributed by atoms with van der Waals surface area (Å²) in [4.78, 5) is 40.0. The van der Waals surface area contributed by atoms with Crippen molar-refractivity contribution in [1.29, 1.82) is 0 Å². The lowest BCUT2D eigenvalue weighted by Crippen LogP contribution is -2.47. The fourth-order valence-electron chi connectivity index (χ4n) is 2.56. The first kappa shape index (κ1) is 15.9. The predicted molar refractivity (Wildman–Crippen MR) is 79.7 cm³/mol. The Hall–Kier alpha value is -2.44. The minimum atomic E-state index is -0.881. The lowest BCUT2D eigenvalue weighted by Gasteiger charge is -2.34. The van der Waals surface area contributed by atoms with Crippen LogP contribution in [0, 0.1) is 11.8 Å². The molecule has 0 aromatic carbocycles. The first-order chi connectivity index (χ1) is 10.4. The van der Waals surface area contributed by atoms with Gasteiger partial charge in [0.25, 0.3) is 0 Å². The summed E-state index contributed by atoms with van der Waals surface area (Å²) in [6.45, 7) is 4.07. The molecular formula is C15H19N3O4. The van der Waals surface area contributed by atoms with Crippen LogP contribution in [0.4, 0.5) is 10.6 Å². The minimum absolute atomic E-state index is 0.0977. The number of aromatic nitrogens is 1. The number of amides is 2. The normalized spacial score (nSPS) is 21.3. The number of anilines is 1. The van der Waals surface area contributed by atoms with Crippen LogP contribution in [0.25, 0.3) is 0 Å². The number of carbonyl (C=O) groups is 3. The maximum atomic E-state index is 12.2. The molecule has 1 aromatic heterocycles. The van der Waals surface area contributed by atoms with Gasteiger partial charge >= 0.3 is 12.0 Å². The SMILES string of the molecule is CC(=O)c1ccc(NC(=O)N2CC(C)CC(C(=O)O)C2)nc1. The molecule has 118 valence electrons. The zero-order valence-corrected chi connectivity index (χ0v) is 12.6. The molecule has 1 saturated heterocycles. The van der Waals surface area contributed by atoms with E-state index in [1.165, 1.54) is 18.0 Å². The van der Waals surface area contributed by atoms with Gasteiger partial charge in [0.05, 0.1) is 5.92 Å². The van der Waals surface area contributed by atoms with Crippen molar-refractivity contribution in [2.75, 3.05) is 18.4 Å². The van der Waals surface area contributed by atoms with Crippen molar-refractivity contribution in [2.24, 2.45) is 11.8 Å². The molecule has 22 heavy (non-hydrogen) atoms. The van der Waals surface area contributed by atoms with E-state index in [0.717, 1.165) is 0 Å². The second-order valence-electron chi connectivity index (χ2n) is 5.70. The molecule has 1 aromatic rings. The quantitative estimate of drug-likeness (QED) is 0.830. The molecule has 7 nitrogen and oxygen atoms in total. The third-order valence-corrected chi connectivity index (χ3v) is 3.70. The predicted octanol–water partition coefficient (Wildman–Crippen LogP) is 1.86. The van der Waals surface area contributed by atoms with Gasteiger partial charge in [-0.05, 0) is 31.4 Å². The van der Waals surface area contributed by atoms with Gasteiger partial charge < -0.3 is 10.0 Å².